The lowest BCUT2D eigenvalue weighted by molar-refractivity contribution is 0.668. The Balaban J connectivity index is 0.000000106. The molecule has 7 heterocycles. The average Bonchev–Trinajstić information content (AvgIpc) is 1.57. The van der Waals surface area contributed by atoms with Crippen LogP contribution in [0, 0.1) is 0 Å². The van der Waals surface area contributed by atoms with E-state index in [1.54, 1.807) is 0 Å². The fraction of sp³-hybridized carbons (Fsp3) is 0. The molecule has 27 rings (SSSR count). The van der Waals surface area contributed by atoms with Crippen LogP contribution in [0.15, 0.2) is 486 Å². The maximum atomic E-state index is 6.25. The summed E-state index contributed by atoms with van der Waals surface area (Å²) in [6.07, 6.45) is 0. The molecule has 0 aliphatic rings. The van der Waals surface area contributed by atoms with E-state index in [0.29, 0.717) is 17.6 Å². The lowest BCUT2D eigenvalue weighted by Crippen LogP contribution is -2.06. The molecule has 20 aromatic carbocycles. The Bertz CT molecular complexity index is 8670. The number of aromatic nitrogens is 6. The van der Waals surface area contributed by atoms with E-state index in [-0.39, 0.29) is 0 Å². The van der Waals surface area contributed by atoms with Crippen LogP contribution in [0.5, 0.6) is 0 Å². The summed E-state index contributed by atoms with van der Waals surface area (Å²) in [4.78, 5) is 15.0. The third-order valence-electron chi connectivity index (χ3n) is 25.8. The van der Waals surface area contributed by atoms with E-state index in [1.165, 1.54) is 110 Å². The van der Waals surface area contributed by atoms with Crippen molar-refractivity contribution in [3.05, 3.63) is 473 Å². The number of para-hydroxylation sites is 5. The first-order valence-electron chi connectivity index (χ1n) is 44.6. The summed E-state index contributed by atoms with van der Waals surface area (Å²) in [5, 5.41) is 14.1. The number of fused-ring (bicyclic) bond motifs is 18. The minimum absolute atomic E-state index is 0.586. The van der Waals surface area contributed by atoms with Crippen molar-refractivity contribution in [2.45, 2.75) is 0 Å². The Kier molecular flexibility index (Phi) is 18.7. The molecule has 0 N–H and O–H groups in total. The first kappa shape index (κ1) is 76.6. The minimum Gasteiger partial charge on any atom is -0.456 e. The van der Waals surface area contributed by atoms with Gasteiger partial charge in [-0.3, -0.25) is 4.57 Å². The maximum absolute atomic E-state index is 6.25. The van der Waals surface area contributed by atoms with E-state index in [9.17, 15) is 0 Å². The Labute approximate surface area is 759 Å². The molecule has 9 nitrogen and oxygen atoms in total. The van der Waals surface area contributed by atoms with Crippen LogP contribution in [0.3, 0.4) is 0 Å². The van der Waals surface area contributed by atoms with Gasteiger partial charge in [0.1, 0.15) is 33.5 Å². The smallest absolute Gasteiger partial charge is 0.238 e. The van der Waals surface area contributed by atoms with Crippen LogP contribution in [-0.2, 0) is 0 Å². The molecule has 0 radical (unpaired) electrons. The molecule has 7 aromatic heterocycles. The van der Waals surface area contributed by atoms with Gasteiger partial charge in [-0.2, -0.15) is 9.97 Å². The molecule has 132 heavy (non-hydrogen) atoms. The summed E-state index contributed by atoms with van der Waals surface area (Å²) in [6, 6.07) is 167. The molecule has 0 aliphatic carbocycles. The van der Waals surface area contributed by atoms with E-state index < -0.39 is 0 Å². The van der Waals surface area contributed by atoms with E-state index in [4.69, 9.17) is 28.2 Å². The first-order chi connectivity index (χ1) is 65.4. The Hall–Kier alpha value is -17.8. The van der Waals surface area contributed by atoms with Crippen LogP contribution in [0.4, 0.5) is 0 Å². The second-order valence-corrected chi connectivity index (χ2v) is 33.7. The highest BCUT2D eigenvalue weighted by Gasteiger charge is 2.23. The van der Waals surface area contributed by atoms with Gasteiger partial charge in [0.2, 0.25) is 5.95 Å². The zero-order valence-electron chi connectivity index (χ0n) is 71.4. The summed E-state index contributed by atoms with van der Waals surface area (Å²) < 4.78 is 25.4. The van der Waals surface area contributed by atoms with Gasteiger partial charge < -0.3 is 22.4 Å². The van der Waals surface area contributed by atoms with Gasteiger partial charge in [0.25, 0.3) is 0 Å². The summed E-state index contributed by atoms with van der Waals surface area (Å²) in [6.45, 7) is 0. The summed E-state index contributed by atoms with van der Waals surface area (Å²) in [7, 11) is 0. The number of hydrogen-bond acceptors (Lipinski definition) is 6. The number of furan rings is 3. The fourth-order valence-corrected chi connectivity index (χ4v) is 19.5. The van der Waals surface area contributed by atoms with Gasteiger partial charge in [-0.1, -0.05) is 328 Å². The first-order valence-corrected chi connectivity index (χ1v) is 44.6. The van der Waals surface area contributed by atoms with Crippen molar-refractivity contribution in [3.8, 4) is 118 Å². The van der Waals surface area contributed by atoms with Crippen LogP contribution in [-0.4, -0.2) is 28.7 Å². The maximum Gasteiger partial charge on any atom is 0.238 e. The zero-order valence-corrected chi connectivity index (χ0v) is 71.4. The average molecular weight is 1690 g/mol. The van der Waals surface area contributed by atoms with Crippen LogP contribution < -0.4 is 0 Å². The van der Waals surface area contributed by atoms with Crippen molar-refractivity contribution in [2.24, 2.45) is 0 Å². The fourth-order valence-electron chi connectivity index (χ4n) is 19.5. The third-order valence-corrected chi connectivity index (χ3v) is 25.8. The summed E-state index contributed by atoms with van der Waals surface area (Å²) in [5.41, 5.74) is 33.2. The number of nitrogens with zero attached hydrogens (tertiary/aromatic N) is 6. The molecule has 0 saturated carbocycles. The third kappa shape index (κ3) is 13.7. The lowest BCUT2D eigenvalue weighted by Gasteiger charge is -2.14. The number of rotatable bonds is 12. The van der Waals surface area contributed by atoms with Crippen molar-refractivity contribution >= 4 is 131 Å². The largest absolute Gasteiger partial charge is 0.456 e. The monoisotopic (exact) mass is 1690 g/mol. The molecule has 0 amide bonds. The SMILES string of the molecule is c1ccc(-c2cc(-c3ccccc3)cc(-n3c4ccccc4c4cc(-c5ccc6oc7ccccc7c6c5)ccc43)c2)cc1.c1ccc(-c2cccc(-n3c4ccccc4c4cc(-c5ccc6oc7ccc(-c8ccccc8)cc7c6c5)ccc43)c2)cc1.c1ccc(-c2nc(-c3ccccc3)nc(-n3c4ccccc4c4cc(-c5ccc6oc7ccccc7c6c5)ccc43)n2)cc1. The molecule has 0 atom stereocenters. The molecule has 0 aliphatic heterocycles. The molecule has 618 valence electrons. The van der Waals surface area contributed by atoms with Crippen LogP contribution in [0.1, 0.15) is 0 Å². The minimum atomic E-state index is 0.586. The Morgan fingerprint density at radius 2 is 0.386 bits per heavy atom. The van der Waals surface area contributed by atoms with Gasteiger partial charge in [0, 0.05) is 87.1 Å². The topological polar surface area (TPSA) is 92.9 Å². The van der Waals surface area contributed by atoms with E-state index >= 15 is 0 Å². The highest BCUT2D eigenvalue weighted by Crippen LogP contribution is 2.45. The van der Waals surface area contributed by atoms with E-state index in [0.717, 1.165) is 121 Å². The van der Waals surface area contributed by atoms with Gasteiger partial charge >= 0.3 is 0 Å². The van der Waals surface area contributed by atoms with Crippen molar-refractivity contribution in [1.29, 1.82) is 0 Å². The van der Waals surface area contributed by atoms with Gasteiger partial charge in [-0.05, 0) is 223 Å². The molecule has 0 saturated heterocycles. The van der Waals surface area contributed by atoms with Crippen LogP contribution in [0.2, 0.25) is 0 Å². The normalized spacial score (nSPS) is 11.6. The molecular weight excluding hydrogens is 1610 g/mol. The van der Waals surface area contributed by atoms with Gasteiger partial charge in [-0.25, -0.2) is 4.98 Å². The van der Waals surface area contributed by atoms with Gasteiger partial charge in [0.15, 0.2) is 11.6 Å². The van der Waals surface area contributed by atoms with E-state index in [2.05, 4.69) is 402 Å². The standard InChI is InChI=1S/2C42H27NO.C39H24N4O/c1-3-11-28(12-4-1)32-23-33(29-13-5-2-6-14-29)25-34(24-32)43-39-17-9-7-15-35(39)37-26-30(19-21-40(37)43)31-20-22-42-38(27-31)36-16-8-10-18-41(36)44-42;1-3-10-28(11-4-1)30-14-9-15-34(24-30)43-39-17-8-7-16-35(39)36-25-32(18-21-40(36)43)33-20-23-42-38(27-33)37-26-31(19-22-41(37)44-42)29-12-5-2-6-13-29;1-3-11-25(12-4-1)37-40-38(26-13-5-2-6-14-26)42-39(41-37)43-33-17-9-7-15-29(33)31-23-27(19-21-34(31)43)28-20-22-36-32(24-28)30-16-8-10-18-35(30)44-36/h2*1-27H;1-24H. The predicted octanol–water partition coefficient (Wildman–Crippen LogP) is 33.2. The summed E-state index contributed by atoms with van der Waals surface area (Å²) >= 11 is 0. The molecular formula is C123H78N6O3. The quantitative estimate of drug-likeness (QED) is 0.121. The highest BCUT2D eigenvalue weighted by molar-refractivity contribution is 6.16. The van der Waals surface area contributed by atoms with Gasteiger partial charge in [0.05, 0.1) is 33.1 Å². The molecule has 27 aromatic rings. The Morgan fingerprint density at radius 1 is 0.136 bits per heavy atom. The van der Waals surface area contributed by atoms with Crippen LogP contribution in [0.25, 0.3) is 249 Å². The van der Waals surface area contributed by atoms with Crippen LogP contribution >= 0.6 is 0 Å². The second kappa shape index (κ2) is 32.3. The highest BCUT2D eigenvalue weighted by atomic mass is 16.3. The van der Waals surface area contributed by atoms with Gasteiger partial charge in [-0.15, -0.1) is 0 Å². The van der Waals surface area contributed by atoms with Crippen molar-refractivity contribution in [1.82, 2.24) is 28.7 Å². The molecule has 9 heteroatoms. The predicted molar refractivity (Wildman–Crippen MR) is 546 cm³/mol. The molecule has 0 unspecified atom stereocenters. The molecule has 0 spiro atoms. The van der Waals surface area contributed by atoms with Crippen molar-refractivity contribution < 1.29 is 13.3 Å². The van der Waals surface area contributed by atoms with E-state index in [1.807, 2.05) is 84.9 Å². The van der Waals surface area contributed by atoms with Crippen molar-refractivity contribution in [2.75, 3.05) is 0 Å². The Morgan fingerprint density at radius 3 is 0.773 bits per heavy atom. The number of benzene rings is 20. The number of hydrogen-bond donors (Lipinski definition) is 0. The summed E-state index contributed by atoms with van der Waals surface area (Å²) in [5.74, 6) is 1.86. The molecule has 0 bridgehead atoms. The molecule has 0 fully saturated rings. The lowest BCUT2D eigenvalue weighted by atomic mass is 9.98. The zero-order chi connectivity index (χ0) is 87.1. The van der Waals surface area contributed by atoms with Crippen molar-refractivity contribution in [3.63, 3.8) is 0 Å². The second-order valence-electron chi connectivity index (χ2n) is 33.7.